The molecule has 2 unspecified atom stereocenters. The van der Waals surface area contributed by atoms with Crippen molar-refractivity contribution in [2.75, 3.05) is 13.7 Å². The number of hydrogen-bond acceptors (Lipinski definition) is 6. The number of esters is 1. The fourth-order valence-corrected chi connectivity index (χ4v) is 2.27. The van der Waals surface area contributed by atoms with Crippen molar-refractivity contribution in [1.82, 2.24) is 5.32 Å². The van der Waals surface area contributed by atoms with Crippen molar-refractivity contribution in [2.24, 2.45) is 0 Å². The van der Waals surface area contributed by atoms with Crippen molar-refractivity contribution in [3.63, 3.8) is 0 Å². The number of hydrogen-bond donors (Lipinski definition) is 3. The summed E-state index contributed by atoms with van der Waals surface area (Å²) < 4.78 is 9.66. The van der Waals surface area contributed by atoms with E-state index < -0.39 is 29.9 Å². The van der Waals surface area contributed by atoms with Crippen LogP contribution in [0.4, 0.5) is 4.79 Å². The Bertz CT molecular complexity index is 614. The van der Waals surface area contributed by atoms with Gasteiger partial charge in [0, 0.05) is 6.54 Å². The Morgan fingerprint density at radius 2 is 1.92 bits per heavy atom. The third-order valence-electron chi connectivity index (χ3n) is 3.21. The van der Waals surface area contributed by atoms with E-state index in [0.717, 1.165) is 0 Å². The van der Waals surface area contributed by atoms with E-state index in [1.165, 1.54) is 25.3 Å². The number of carbonyl (C=O) groups is 2. The van der Waals surface area contributed by atoms with Gasteiger partial charge in [-0.05, 0) is 44.9 Å². The minimum Gasteiger partial charge on any atom is -0.465 e. The fourth-order valence-electron chi connectivity index (χ4n) is 2.01. The Morgan fingerprint density at radius 1 is 1.28 bits per heavy atom. The molecule has 0 aromatic heterocycles. The number of benzene rings is 1. The third kappa shape index (κ3) is 6.89. The minimum atomic E-state index is -1.22. The van der Waals surface area contributed by atoms with Crippen molar-refractivity contribution in [2.45, 2.75) is 45.0 Å². The maximum atomic E-state index is 11.5. The van der Waals surface area contributed by atoms with Gasteiger partial charge in [-0.25, -0.2) is 9.59 Å². The largest absolute Gasteiger partial charge is 0.465 e. The molecule has 140 valence electrons. The molecule has 0 aliphatic rings. The molecule has 0 saturated heterocycles. The molecule has 1 aromatic rings. The van der Waals surface area contributed by atoms with Crippen LogP contribution in [0.5, 0.6) is 0 Å². The zero-order valence-electron chi connectivity index (χ0n) is 14.7. The van der Waals surface area contributed by atoms with Crippen LogP contribution in [-0.4, -0.2) is 47.6 Å². The highest BCUT2D eigenvalue weighted by atomic mass is 35.5. The lowest BCUT2D eigenvalue weighted by molar-refractivity contribution is 0.0123. The minimum absolute atomic E-state index is 0.108. The topological polar surface area (TPSA) is 105 Å². The number of carbonyl (C=O) groups excluding carboxylic acids is 2. The molecule has 1 amide bonds. The highest BCUT2D eigenvalue weighted by molar-refractivity contribution is 6.33. The third-order valence-corrected chi connectivity index (χ3v) is 3.53. The van der Waals surface area contributed by atoms with Crippen molar-refractivity contribution >= 4 is 23.7 Å². The maximum absolute atomic E-state index is 11.5. The molecular weight excluding hydrogens is 350 g/mol. The van der Waals surface area contributed by atoms with Gasteiger partial charge in [-0.15, -0.1) is 0 Å². The average molecular weight is 374 g/mol. The highest BCUT2D eigenvalue weighted by Gasteiger charge is 2.21. The number of nitrogens with one attached hydrogen (secondary N) is 1. The summed E-state index contributed by atoms with van der Waals surface area (Å²) in [5.41, 5.74) is -0.0935. The van der Waals surface area contributed by atoms with E-state index in [-0.39, 0.29) is 23.6 Å². The predicted octanol–water partition coefficient (Wildman–Crippen LogP) is 2.44. The van der Waals surface area contributed by atoms with Crippen LogP contribution in [0, 0.1) is 0 Å². The molecule has 0 aliphatic carbocycles. The summed E-state index contributed by atoms with van der Waals surface area (Å²) in [6.07, 6.45) is -2.84. The van der Waals surface area contributed by atoms with Gasteiger partial charge in [0.2, 0.25) is 0 Å². The first kappa shape index (κ1) is 21.2. The van der Waals surface area contributed by atoms with Gasteiger partial charge < -0.3 is 25.0 Å². The SMILES string of the molecule is COC(=O)c1ccc(C(O)C(O)CCNC(=O)OC(C)(C)C)cc1Cl. The molecule has 8 heteroatoms. The van der Waals surface area contributed by atoms with Crippen LogP contribution in [0.15, 0.2) is 18.2 Å². The first-order chi connectivity index (χ1) is 11.5. The standard InChI is InChI=1S/C17H24ClNO6/c1-17(2,3)25-16(23)19-8-7-13(20)14(21)10-5-6-11(12(18)9-10)15(22)24-4/h5-6,9,13-14,20-21H,7-8H2,1-4H3,(H,19,23). The summed E-state index contributed by atoms with van der Waals surface area (Å²) >= 11 is 5.99. The summed E-state index contributed by atoms with van der Waals surface area (Å²) in [5, 5.41) is 22.9. The summed E-state index contributed by atoms with van der Waals surface area (Å²) in [5.74, 6) is -0.590. The number of methoxy groups -OCH3 is 1. The molecular formula is C17H24ClNO6. The number of alkyl carbamates (subject to hydrolysis) is 1. The van der Waals surface area contributed by atoms with Crippen LogP contribution >= 0.6 is 11.6 Å². The molecule has 0 heterocycles. The van der Waals surface area contributed by atoms with E-state index >= 15 is 0 Å². The Morgan fingerprint density at radius 3 is 2.44 bits per heavy atom. The van der Waals surface area contributed by atoms with Crippen molar-refractivity contribution < 1.29 is 29.3 Å². The molecule has 2 atom stereocenters. The lowest BCUT2D eigenvalue weighted by Gasteiger charge is -2.21. The summed E-state index contributed by atoms with van der Waals surface area (Å²) in [7, 11) is 1.24. The van der Waals surface area contributed by atoms with Gasteiger partial charge in [-0.2, -0.15) is 0 Å². The normalized spacial score (nSPS) is 13.7. The number of amides is 1. The number of ether oxygens (including phenoxy) is 2. The highest BCUT2D eigenvalue weighted by Crippen LogP contribution is 2.25. The van der Waals surface area contributed by atoms with Crippen LogP contribution in [-0.2, 0) is 9.47 Å². The molecule has 1 rings (SSSR count). The first-order valence-corrected chi connectivity index (χ1v) is 8.13. The molecule has 3 N–H and O–H groups in total. The van der Waals surface area contributed by atoms with E-state index in [1.54, 1.807) is 20.8 Å². The van der Waals surface area contributed by atoms with Crippen molar-refractivity contribution in [3.05, 3.63) is 34.3 Å². The van der Waals surface area contributed by atoms with Gasteiger partial charge in [-0.3, -0.25) is 0 Å². The van der Waals surface area contributed by atoms with Crippen molar-refractivity contribution in [1.29, 1.82) is 0 Å². The molecule has 0 spiro atoms. The van der Waals surface area contributed by atoms with Crippen LogP contribution < -0.4 is 5.32 Å². The second kappa shape index (κ2) is 9.03. The number of rotatable bonds is 6. The van der Waals surface area contributed by atoms with E-state index in [1.807, 2.05) is 0 Å². The zero-order valence-corrected chi connectivity index (χ0v) is 15.5. The van der Waals surface area contributed by atoms with Crippen LogP contribution in [0.3, 0.4) is 0 Å². The van der Waals surface area contributed by atoms with E-state index in [4.69, 9.17) is 16.3 Å². The lowest BCUT2D eigenvalue weighted by atomic mass is 10.0. The smallest absolute Gasteiger partial charge is 0.407 e. The number of aliphatic hydroxyl groups excluding tert-OH is 2. The van der Waals surface area contributed by atoms with Gasteiger partial charge in [-0.1, -0.05) is 17.7 Å². The molecule has 0 aliphatic heterocycles. The monoisotopic (exact) mass is 373 g/mol. The Balaban J connectivity index is 2.59. The molecule has 0 bridgehead atoms. The summed E-state index contributed by atoms with van der Waals surface area (Å²) in [6, 6.07) is 4.29. The van der Waals surface area contributed by atoms with E-state index in [2.05, 4.69) is 10.1 Å². The van der Waals surface area contributed by atoms with Crippen LogP contribution in [0.2, 0.25) is 5.02 Å². The summed E-state index contributed by atoms with van der Waals surface area (Å²) in [6.45, 7) is 5.36. The van der Waals surface area contributed by atoms with Gasteiger partial charge in [0.15, 0.2) is 0 Å². The number of halogens is 1. The average Bonchev–Trinajstić information content (AvgIpc) is 2.51. The van der Waals surface area contributed by atoms with Crippen LogP contribution in [0.1, 0.15) is 49.2 Å². The maximum Gasteiger partial charge on any atom is 0.407 e. The van der Waals surface area contributed by atoms with Gasteiger partial charge >= 0.3 is 12.1 Å². The number of aliphatic hydroxyl groups is 2. The van der Waals surface area contributed by atoms with E-state index in [0.29, 0.717) is 5.56 Å². The fraction of sp³-hybridized carbons (Fsp3) is 0.529. The lowest BCUT2D eigenvalue weighted by Crippen LogP contribution is -2.34. The molecule has 1 aromatic carbocycles. The van der Waals surface area contributed by atoms with Crippen LogP contribution in [0.25, 0.3) is 0 Å². The Kier molecular flexibility index (Phi) is 7.66. The molecule has 0 radical (unpaired) electrons. The molecule has 7 nitrogen and oxygen atoms in total. The van der Waals surface area contributed by atoms with E-state index in [9.17, 15) is 19.8 Å². The second-order valence-corrected chi connectivity index (χ2v) is 6.87. The van der Waals surface area contributed by atoms with Crippen molar-refractivity contribution in [3.8, 4) is 0 Å². The quantitative estimate of drug-likeness (QED) is 0.661. The zero-order chi connectivity index (χ0) is 19.2. The summed E-state index contributed by atoms with van der Waals surface area (Å²) in [4.78, 5) is 23.0. The van der Waals surface area contributed by atoms with Gasteiger partial charge in [0.1, 0.15) is 11.7 Å². The Hall–Kier alpha value is -1.83. The second-order valence-electron chi connectivity index (χ2n) is 6.46. The predicted molar refractivity (Wildman–Crippen MR) is 92.6 cm³/mol. The molecule has 25 heavy (non-hydrogen) atoms. The van der Waals surface area contributed by atoms with Gasteiger partial charge in [0.05, 0.1) is 23.8 Å². The molecule has 0 saturated carbocycles. The van der Waals surface area contributed by atoms with Gasteiger partial charge in [0.25, 0.3) is 0 Å². The first-order valence-electron chi connectivity index (χ1n) is 7.76. The Labute approximate surface area is 151 Å². The molecule has 0 fully saturated rings.